The summed E-state index contributed by atoms with van der Waals surface area (Å²) in [6.07, 6.45) is 0. The third kappa shape index (κ3) is 4.10. The average Bonchev–Trinajstić information content (AvgIpc) is 2.42. The summed E-state index contributed by atoms with van der Waals surface area (Å²) in [5, 5.41) is 8.56. The molecule has 0 aliphatic carbocycles. The Morgan fingerprint density at radius 2 is 0.867 bits per heavy atom. The molecule has 8 heteroatoms. The smallest absolute Gasteiger partial charge is 0.324 e. The largest absolute Gasteiger partial charge is 0.480 e. The molecule has 0 aliphatic rings. The lowest BCUT2D eigenvalue weighted by Gasteiger charge is -2.67. The highest BCUT2D eigenvalue weighted by molar-refractivity contribution is 7.87. The van der Waals surface area contributed by atoms with Crippen LogP contribution in [0.25, 0.3) is 0 Å². The van der Waals surface area contributed by atoms with Crippen molar-refractivity contribution < 1.29 is 22.9 Å². The second-order valence-electron chi connectivity index (χ2n) is 11.2. The highest BCUT2D eigenvalue weighted by atomic mass is 32.2. The van der Waals surface area contributed by atoms with Gasteiger partial charge in [0.1, 0.15) is 0 Å². The van der Waals surface area contributed by atoms with Crippen LogP contribution in [0.15, 0.2) is 0 Å². The topological polar surface area (TPSA) is 91.7 Å². The second-order valence-corrected chi connectivity index (χ2v) is 26.0. The Labute approximate surface area is 188 Å². The van der Waals surface area contributed by atoms with E-state index in [0.717, 1.165) is 0 Å². The minimum Gasteiger partial charge on any atom is -0.480 e. The van der Waals surface area contributed by atoms with E-state index in [-0.39, 0.29) is 33.2 Å². The quantitative estimate of drug-likeness (QED) is 0.246. The zero-order valence-corrected chi connectivity index (χ0v) is 24.4. The van der Waals surface area contributed by atoms with E-state index in [1.807, 2.05) is 6.92 Å². The Morgan fingerprint density at radius 1 is 0.667 bits per heavy atom. The van der Waals surface area contributed by atoms with E-state index in [0.29, 0.717) is 0 Å². The van der Waals surface area contributed by atoms with Crippen LogP contribution in [-0.2, 0) is 14.9 Å². The summed E-state index contributed by atoms with van der Waals surface area (Å²) in [4.78, 5) is 12.7. The molecule has 1 atom stereocenters. The maximum atomic E-state index is 12.9. The maximum Gasteiger partial charge on any atom is 0.324 e. The first-order valence-corrected chi connectivity index (χ1v) is 17.4. The van der Waals surface area contributed by atoms with Crippen LogP contribution in [0, 0.1) is 0 Å². The minimum absolute atomic E-state index is 0.161. The standard InChI is InChI=1S/C22H48O5SSi2/c1-14(2)29(15(3)4,16(5)6)22(13,20(21(23)24)28(25,26)27)30(17(7)8,18(9)10)19(11)12/h14-20H,1-13H3,(H,23,24)(H,25,26,27). The van der Waals surface area contributed by atoms with Crippen molar-refractivity contribution in [3.8, 4) is 0 Å². The second kappa shape index (κ2) is 9.75. The fourth-order valence-corrected chi connectivity index (χ4v) is 36.6. The molecular weight excluding hydrogens is 432 g/mol. The summed E-state index contributed by atoms with van der Waals surface area (Å²) in [7, 11) is -10.2. The summed E-state index contributed by atoms with van der Waals surface area (Å²) in [6, 6.07) is 0. The first kappa shape index (κ1) is 29.8. The Bertz CT molecular complexity index is 621. The molecule has 0 aromatic rings. The van der Waals surface area contributed by atoms with E-state index in [2.05, 4.69) is 83.1 Å². The van der Waals surface area contributed by atoms with Gasteiger partial charge in [-0.15, -0.1) is 0 Å². The van der Waals surface area contributed by atoms with Gasteiger partial charge in [0.2, 0.25) is 0 Å². The first-order chi connectivity index (χ1) is 13.2. The lowest BCUT2D eigenvalue weighted by Crippen LogP contribution is -2.74. The number of hydrogen-bond acceptors (Lipinski definition) is 3. The molecule has 0 saturated carbocycles. The highest BCUT2D eigenvalue weighted by Crippen LogP contribution is 2.70. The molecule has 2 N–H and O–H groups in total. The SMILES string of the molecule is CC(C)[Si](C(C)C)(C(C)C)C(C)(C(C(=O)O)S(=O)(=O)O)[Si](C(C)C)(C(C)C)C(C)C. The molecule has 5 nitrogen and oxygen atoms in total. The van der Waals surface area contributed by atoms with E-state index >= 15 is 0 Å². The number of carboxylic acids is 1. The van der Waals surface area contributed by atoms with Gasteiger partial charge in [0.05, 0.1) is 16.1 Å². The molecule has 0 fully saturated rings. The van der Waals surface area contributed by atoms with Crippen LogP contribution in [-0.4, -0.2) is 45.4 Å². The van der Waals surface area contributed by atoms with E-state index in [1.54, 1.807) is 0 Å². The number of carbonyl (C=O) groups is 1. The van der Waals surface area contributed by atoms with E-state index in [9.17, 15) is 22.9 Å². The predicted octanol–water partition coefficient (Wildman–Crippen LogP) is 6.98. The Hall–Kier alpha value is -0.186. The van der Waals surface area contributed by atoms with Crippen molar-refractivity contribution in [2.75, 3.05) is 0 Å². The fraction of sp³-hybridized carbons (Fsp3) is 0.955. The first-order valence-electron chi connectivity index (χ1n) is 11.4. The number of rotatable bonds is 11. The summed E-state index contributed by atoms with van der Waals surface area (Å²) in [5.41, 5.74) is 0.968. The normalized spacial score (nSPS) is 15.9. The van der Waals surface area contributed by atoms with Gasteiger partial charge in [-0.25, -0.2) is 0 Å². The third-order valence-corrected chi connectivity index (χ3v) is 28.5. The third-order valence-electron chi connectivity index (χ3n) is 8.58. The number of aliphatic carboxylic acids is 1. The molecule has 0 heterocycles. The van der Waals surface area contributed by atoms with Gasteiger partial charge in [0.15, 0.2) is 5.25 Å². The predicted molar refractivity (Wildman–Crippen MR) is 133 cm³/mol. The summed E-state index contributed by atoms with van der Waals surface area (Å²) in [5.74, 6) is -1.40. The molecule has 0 aromatic heterocycles. The van der Waals surface area contributed by atoms with E-state index in [1.165, 1.54) is 0 Å². The van der Waals surface area contributed by atoms with Crippen LogP contribution in [0.5, 0.6) is 0 Å². The monoisotopic (exact) mass is 480 g/mol. The van der Waals surface area contributed by atoms with Crippen molar-refractivity contribution >= 4 is 32.2 Å². The molecule has 180 valence electrons. The van der Waals surface area contributed by atoms with Gasteiger partial charge in [0, 0.05) is 0 Å². The van der Waals surface area contributed by atoms with Gasteiger partial charge < -0.3 is 5.11 Å². The summed E-state index contributed by atoms with van der Waals surface area (Å²) >= 11 is 0. The number of carboxylic acid groups (broad SMARTS) is 1. The van der Waals surface area contributed by atoms with E-state index < -0.39 is 42.1 Å². The van der Waals surface area contributed by atoms with Crippen LogP contribution in [0.2, 0.25) is 37.9 Å². The molecule has 0 bridgehead atoms. The molecule has 0 saturated heterocycles. The van der Waals surface area contributed by atoms with Gasteiger partial charge in [0.25, 0.3) is 10.1 Å². The van der Waals surface area contributed by atoms with Crippen molar-refractivity contribution in [3.63, 3.8) is 0 Å². The van der Waals surface area contributed by atoms with Gasteiger partial charge >= 0.3 is 5.97 Å². The number of hydrogen-bond donors (Lipinski definition) is 2. The zero-order chi connectivity index (χ0) is 24.6. The molecule has 0 aliphatic heterocycles. The minimum atomic E-state index is -4.82. The highest BCUT2D eigenvalue weighted by Gasteiger charge is 2.73. The average molecular weight is 481 g/mol. The summed E-state index contributed by atoms with van der Waals surface area (Å²) < 4.78 is 35.2. The summed E-state index contributed by atoms with van der Waals surface area (Å²) in [6.45, 7) is 27.7. The van der Waals surface area contributed by atoms with Gasteiger partial charge in [-0.2, -0.15) is 8.42 Å². The van der Waals surface area contributed by atoms with Crippen molar-refractivity contribution in [3.05, 3.63) is 0 Å². The zero-order valence-electron chi connectivity index (χ0n) is 21.6. The van der Waals surface area contributed by atoms with Gasteiger partial charge in [-0.05, 0) is 4.66 Å². The molecule has 1 unspecified atom stereocenters. The lowest BCUT2D eigenvalue weighted by atomic mass is 10.3. The van der Waals surface area contributed by atoms with Crippen LogP contribution in [0.4, 0.5) is 0 Å². The Balaban J connectivity index is 8.28. The van der Waals surface area contributed by atoms with Crippen molar-refractivity contribution in [1.29, 1.82) is 0 Å². The van der Waals surface area contributed by atoms with Crippen LogP contribution < -0.4 is 0 Å². The maximum absolute atomic E-state index is 12.9. The van der Waals surface area contributed by atoms with E-state index in [4.69, 9.17) is 0 Å². The van der Waals surface area contributed by atoms with Crippen LogP contribution in [0.1, 0.15) is 90.0 Å². The Morgan fingerprint density at radius 3 is 0.967 bits per heavy atom. The molecule has 0 spiro atoms. The molecule has 30 heavy (non-hydrogen) atoms. The Kier molecular flexibility index (Phi) is 9.69. The lowest BCUT2D eigenvalue weighted by molar-refractivity contribution is -0.137. The molecule has 0 amide bonds. The fourth-order valence-electron chi connectivity index (χ4n) is 9.10. The van der Waals surface area contributed by atoms with Crippen LogP contribution >= 0.6 is 0 Å². The molecule has 0 rings (SSSR count). The molecular formula is C22H48O5SSi2. The molecule has 0 radical (unpaired) electrons. The van der Waals surface area contributed by atoms with Crippen molar-refractivity contribution in [2.45, 2.75) is 133 Å². The van der Waals surface area contributed by atoms with Gasteiger partial charge in [-0.1, -0.05) is 123 Å². The van der Waals surface area contributed by atoms with Crippen LogP contribution in [0.3, 0.4) is 0 Å². The van der Waals surface area contributed by atoms with Crippen molar-refractivity contribution in [1.82, 2.24) is 0 Å². The van der Waals surface area contributed by atoms with Crippen molar-refractivity contribution in [2.24, 2.45) is 0 Å². The van der Waals surface area contributed by atoms with Gasteiger partial charge in [-0.3, -0.25) is 9.35 Å². The molecule has 0 aromatic carbocycles.